The van der Waals surface area contributed by atoms with Gasteiger partial charge >= 0.3 is 0 Å². The van der Waals surface area contributed by atoms with E-state index in [0.29, 0.717) is 6.42 Å². The van der Waals surface area contributed by atoms with Crippen LogP contribution in [0.1, 0.15) is 44.9 Å². The molecule has 2 aliphatic rings. The molecule has 2 atom stereocenters. The molecule has 0 radical (unpaired) electrons. The molecule has 0 aromatic carbocycles. The van der Waals surface area contributed by atoms with E-state index in [0.717, 1.165) is 24.2 Å². The van der Waals surface area contributed by atoms with E-state index in [1.54, 1.807) is 0 Å². The van der Waals surface area contributed by atoms with Gasteiger partial charge in [-0.2, -0.15) is 0 Å². The van der Waals surface area contributed by atoms with Crippen molar-refractivity contribution in [3.8, 4) is 0 Å². The number of aliphatic hydroxyl groups is 1. The first-order valence-electron chi connectivity index (χ1n) is 6.88. The zero-order chi connectivity index (χ0) is 13.8. The summed E-state index contributed by atoms with van der Waals surface area (Å²) in [7, 11) is 0. The lowest BCUT2D eigenvalue weighted by atomic mass is 9.92. The molecule has 0 aromatic heterocycles. The third kappa shape index (κ3) is 3.53. The Morgan fingerprint density at radius 1 is 1.21 bits per heavy atom. The molecule has 6 nitrogen and oxygen atoms in total. The highest BCUT2D eigenvalue weighted by Gasteiger charge is 2.29. The van der Waals surface area contributed by atoms with Crippen molar-refractivity contribution in [2.24, 2.45) is 0 Å². The van der Waals surface area contributed by atoms with Gasteiger partial charge in [0.1, 0.15) is 0 Å². The van der Waals surface area contributed by atoms with Crippen LogP contribution in [0.3, 0.4) is 0 Å². The van der Waals surface area contributed by atoms with Gasteiger partial charge in [0.2, 0.25) is 17.7 Å². The summed E-state index contributed by atoms with van der Waals surface area (Å²) in [6.45, 7) is 0.145. The van der Waals surface area contributed by atoms with Crippen LogP contribution in [-0.4, -0.2) is 46.4 Å². The molecule has 2 rings (SSSR count). The summed E-state index contributed by atoms with van der Waals surface area (Å²) in [6, 6.07) is -0.189. The molecule has 2 fully saturated rings. The van der Waals surface area contributed by atoms with Gasteiger partial charge < -0.3 is 10.4 Å². The average molecular weight is 268 g/mol. The predicted octanol–water partition coefficient (Wildman–Crippen LogP) is -0.0548. The van der Waals surface area contributed by atoms with Crippen molar-refractivity contribution in [2.45, 2.75) is 57.1 Å². The molecule has 3 amide bonds. The van der Waals surface area contributed by atoms with Gasteiger partial charge in [0.05, 0.1) is 12.1 Å². The number of carbonyl (C=O) groups is 3. The van der Waals surface area contributed by atoms with Crippen molar-refractivity contribution in [3.63, 3.8) is 0 Å². The summed E-state index contributed by atoms with van der Waals surface area (Å²) < 4.78 is 0. The van der Waals surface area contributed by atoms with Gasteiger partial charge in [-0.3, -0.25) is 19.3 Å². The van der Waals surface area contributed by atoms with Gasteiger partial charge in [-0.25, -0.2) is 0 Å². The fourth-order valence-electron chi connectivity index (χ4n) is 2.64. The molecule has 0 aromatic rings. The van der Waals surface area contributed by atoms with Crippen molar-refractivity contribution in [2.75, 3.05) is 6.54 Å². The second-order valence-electron chi connectivity index (χ2n) is 5.21. The van der Waals surface area contributed by atoms with Crippen LogP contribution in [0.25, 0.3) is 0 Å². The normalized spacial score (nSPS) is 27.7. The van der Waals surface area contributed by atoms with E-state index in [4.69, 9.17) is 0 Å². The summed E-state index contributed by atoms with van der Waals surface area (Å²) in [5.41, 5.74) is 0. The molecule has 1 heterocycles. The molecule has 0 unspecified atom stereocenters. The summed E-state index contributed by atoms with van der Waals surface area (Å²) >= 11 is 0. The lowest BCUT2D eigenvalue weighted by Crippen LogP contribution is -2.46. The van der Waals surface area contributed by atoms with Gasteiger partial charge in [0.15, 0.2) is 0 Å². The minimum absolute atomic E-state index is 0.112. The molecule has 0 spiro atoms. The van der Waals surface area contributed by atoms with Crippen LogP contribution < -0.4 is 5.32 Å². The van der Waals surface area contributed by atoms with Crippen molar-refractivity contribution in [3.05, 3.63) is 0 Å². The van der Waals surface area contributed by atoms with Crippen LogP contribution in [0.4, 0.5) is 0 Å². The first-order chi connectivity index (χ1) is 9.08. The van der Waals surface area contributed by atoms with Crippen LogP contribution in [0, 0.1) is 0 Å². The zero-order valence-corrected chi connectivity index (χ0v) is 10.9. The van der Waals surface area contributed by atoms with E-state index in [1.807, 2.05) is 0 Å². The SMILES string of the molecule is O=C(CCN1C(=O)CCC1=O)N[C@H]1CCCC[C@@H]1O. The standard InChI is InChI=1S/C13H20N2O4/c16-10-4-2-1-3-9(10)14-11(17)7-8-15-12(18)5-6-13(15)19/h9-10,16H,1-8H2,(H,14,17)/t9-,10-/m0/s1. The maximum atomic E-state index is 11.8. The van der Waals surface area contributed by atoms with Crippen LogP contribution in [0.2, 0.25) is 0 Å². The number of hydrogen-bond acceptors (Lipinski definition) is 4. The number of rotatable bonds is 4. The lowest BCUT2D eigenvalue weighted by Gasteiger charge is -2.28. The number of carbonyl (C=O) groups excluding carboxylic acids is 3. The molecule has 106 valence electrons. The third-order valence-electron chi connectivity index (χ3n) is 3.79. The second kappa shape index (κ2) is 6.14. The van der Waals surface area contributed by atoms with Gasteiger partial charge in [-0.15, -0.1) is 0 Å². The van der Waals surface area contributed by atoms with Crippen molar-refractivity contribution >= 4 is 17.7 Å². The summed E-state index contributed by atoms with van der Waals surface area (Å²) in [6.07, 6.45) is 3.63. The van der Waals surface area contributed by atoms with Crippen molar-refractivity contribution in [1.29, 1.82) is 0 Å². The lowest BCUT2D eigenvalue weighted by molar-refractivity contribution is -0.138. The molecule has 2 N–H and O–H groups in total. The summed E-state index contributed by atoms with van der Waals surface area (Å²) in [5, 5.41) is 12.5. The molecule has 1 aliphatic carbocycles. The quantitative estimate of drug-likeness (QED) is 0.700. The molecule has 0 bridgehead atoms. The first kappa shape index (κ1) is 14.0. The fraction of sp³-hybridized carbons (Fsp3) is 0.769. The summed E-state index contributed by atoms with van der Waals surface area (Å²) in [5.74, 6) is -0.607. The van der Waals surface area contributed by atoms with Crippen molar-refractivity contribution in [1.82, 2.24) is 10.2 Å². The second-order valence-corrected chi connectivity index (χ2v) is 5.21. The maximum absolute atomic E-state index is 11.8. The van der Waals surface area contributed by atoms with E-state index < -0.39 is 6.10 Å². The summed E-state index contributed by atoms with van der Waals surface area (Å²) in [4.78, 5) is 35.7. The van der Waals surface area contributed by atoms with Gasteiger partial charge in [-0.05, 0) is 12.8 Å². The van der Waals surface area contributed by atoms with E-state index >= 15 is 0 Å². The van der Waals surface area contributed by atoms with Crippen LogP contribution in [0.5, 0.6) is 0 Å². The Kier molecular flexibility index (Phi) is 4.52. The van der Waals surface area contributed by atoms with Crippen LogP contribution in [-0.2, 0) is 14.4 Å². The number of likely N-dealkylation sites (tertiary alicyclic amines) is 1. The Morgan fingerprint density at radius 2 is 1.84 bits per heavy atom. The van der Waals surface area contributed by atoms with Gasteiger partial charge in [0, 0.05) is 25.8 Å². The Bertz CT molecular complexity index is 367. The highest BCUT2D eigenvalue weighted by Crippen LogP contribution is 2.18. The molecule has 1 saturated heterocycles. The van der Waals surface area contributed by atoms with E-state index in [1.165, 1.54) is 0 Å². The predicted molar refractivity (Wildman–Crippen MR) is 67.0 cm³/mol. The molecule has 6 heteroatoms. The Morgan fingerprint density at radius 3 is 2.47 bits per heavy atom. The third-order valence-corrected chi connectivity index (χ3v) is 3.79. The topological polar surface area (TPSA) is 86.7 Å². The Labute approximate surface area is 112 Å². The minimum atomic E-state index is -0.479. The Hall–Kier alpha value is -1.43. The molecule has 19 heavy (non-hydrogen) atoms. The van der Waals surface area contributed by atoms with E-state index in [2.05, 4.69) is 5.32 Å². The molecular weight excluding hydrogens is 248 g/mol. The van der Waals surface area contributed by atoms with Gasteiger partial charge in [-0.1, -0.05) is 12.8 Å². The minimum Gasteiger partial charge on any atom is -0.391 e. The number of nitrogens with zero attached hydrogens (tertiary/aromatic N) is 1. The van der Waals surface area contributed by atoms with E-state index in [-0.39, 0.29) is 49.6 Å². The monoisotopic (exact) mass is 268 g/mol. The van der Waals surface area contributed by atoms with E-state index in [9.17, 15) is 19.5 Å². The smallest absolute Gasteiger partial charge is 0.229 e. The van der Waals surface area contributed by atoms with Crippen LogP contribution in [0.15, 0.2) is 0 Å². The first-order valence-corrected chi connectivity index (χ1v) is 6.88. The van der Waals surface area contributed by atoms with Crippen molar-refractivity contribution < 1.29 is 19.5 Å². The number of hydrogen-bond donors (Lipinski definition) is 2. The highest BCUT2D eigenvalue weighted by molar-refractivity contribution is 6.02. The number of imide groups is 1. The highest BCUT2D eigenvalue weighted by atomic mass is 16.3. The molecule has 1 saturated carbocycles. The molecular formula is C13H20N2O4. The van der Waals surface area contributed by atoms with Crippen LogP contribution >= 0.6 is 0 Å². The average Bonchev–Trinajstić information content (AvgIpc) is 2.70. The maximum Gasteiger partial charge on any atom is 0.229 e. The Balaban J connectivity index is 1.75. The molecule has 1 aliphatic heterocycles. The number of aliphatic hydroxyl groups excluding tert-OH is 1. The number of amides is 3. The fourth-order valence-corrected chi connectivity index (χ4v) is 2.64. The largest absolute Gasteiger partial charge is 0.391 e. The van der Waals surface area contributed by atoms with Gasteiger partial charge in [0.25, 0.3) is 0 Å². The number of nitrogens with one attached hydrogen (secondary N) is 1. The zero-order valence-electron chi connectivity index (χ0n) is 10.9.